The Hall–Kier alpha value is -1.93. The van der Waals surface area contributed by atoms with Gasteiger partial charge in [0.25, 0.3) is 5.91 Å². The van der Waals surface area contributed by atoms with Crippen molar-refractivity contribution in [3.8, 4) is 0 Å². The number of nitrogens with zero attached hydrogens (tertiary/aromatic N) is 1. The molecule has 0 spiro atoms. The van der Waals surface area contributed by atoms with Gasteiger partial charge in [-0.3, -0.25) is 9.59 Å². The number of hydrogen-bond acceptors (Lipinski definition) is 4. The first-order valence-electron chi connectivity index (χ1n) is 8.78. The molecule has 0 bridgehead atoms. The third-order valence-electron chi connectivity index (χ3n) is 5.46. The molecule has 1 aromatic carbocycles. The molecule has 0 unspecified atom stereocenters. The molecule has 2 aliphatic rings. The average Bonchev–Trinajstić information content (AvgIpc) is 3.37. The maximum Gasteiger partial charge on any atom is 0.311 e. The van der Waals surface area contributed by atoms with E-state index in [1.807, 2.05) is 0 Å². The molecule has 1 saturated carbocycles. The van der Waals surface area contributed by atoms with Crippen LogP contribution < -0.4 is 5.14 Å². The summed E-state index contributed by atoms with van der Waals surface area (Å²) in [6.07, 6.45) is 3.90. The third kappa shape index (κ3) is 3.76. The highest BCUT2D eigenvalue weighted by molar-refractivity contribution is 7.89. The molecule has 1 atom stereocenters. The minimum absolute atomic E-state index is 0.120. The van der Waals surface area contributed by atoms with Crippen LogP contribution in [0.4, 0.5) is 0 Å². The number of carbonyl (C=O) groups is 2. The molecule has 1 saturated heterocycles. The molecule has 7 nitrogen and oxygen atoms in total. The van der Waals surface area contributed by atoms with E-state index in [0.717, 1.165) is 12.8 Å². The molecule has 3 rings (SSSR count). The zero-order valence-electron chi connectivity index (χ0n) is 14.8. The van der Waals surface area contributed by atoms with E-state index in [1.165, 1.54) is 12.1 Å². The summed E-state index contributed by atoms with van der Waals surface area (Å²) in [5.41, 5.74) is -0.0131. The van der Waals surface area contributed by atoms with Gasteiger partial charge in [-0.15, -0.1) is 0 Å². The molecule has 1 aliphatic heterocycles. The van der Waals surface area contributed by atoms with Gasteiger partial charge in [0.15, 0.2) is 0 Å². The Kier molecular flexibility index (Phi) is 4.83. The Balaban J connectivity index is 1.88. The molecule has 2 fully saturated rings. The summed E-state index contributed by atoms with van der Waals surface area (Å²) in [6, 6.07) is 4.20. The van der Waals surface area contributed by atoms with Gasteiger partial charge in [-0.2, -0.15) is 0 Å². The van der Waals surface area contributed by atoms with E-state index in [1.54, 1.807) is 17.9 Å². The first-order chi connectivity index (χ1) is 12.1. The van der Waals surface area contributed by atoms with Crippen LogP contribution in [0, 0.1) is 18.3 Å². The summed E-state index contributed by atoms with van der Waals surface area (Å²) >= 11 is 0. The van der Waals surface area contributed by atoms with Crippen molar-refractivity contribution in [2.24, 2.45) is 16.5 Å². The zero-order chi connectivity index (χ0) is 19.1. The van der Waals surface area contributed by atoms with Gasteiger partial charge in [-0.05, 0) is 49.8 Å². The van der Waals surface area contributed by atoms with Crippen LogP contribution in [0.3, 0.4) is 0 Å². The largest absolute Gasteiger partial charge is 0.481 e. The van der Waals surface area contributed by atoms with Gasteiger partial charge in [-0.1, -0.05) is 18.9 Å². The molecule has 0 radical (unpaired) electrons. The van der Waals surface area contributed by atoms with Gasteiger partial charge in [0, 0.05) is 18.7 Å². The number of benzene rings is 1. The van der Waals surface area contributed by atoms with Crippen molar-refractivity contribution in [1.29, 1.82) is 0 Å². The van der Waals surface area contributed by atoms with Gasteiger partial charge in [0.05, 0.1) is 10.3 Å². The lowest BCUT2D eigenvalue weighted by atomic mass is 9.75. The minimum Gasteiger partial charge on any atom is -0.481 e. The van der Waals surface area contributed by atoms with Crippen molar-refractivity contribution in [3.05, 3.63) is 29.3 Å². The molecular weight excluding hydrogens is 356 g/mol. The van der Waals surface area contributed by atoms with Crippen LogP contribution in [-0.2, 0) is 14.8 Å². The number of primary sulfonamides is 1. The van der Waals surface area contributed by atoms with Gasteiger partial charge < -0.3 is 10.0 Å². The molecule has 1 amide bonds. The second-order valence-electron chi connectivity index (χ2n) is 7.58. The van der Waals surface area contributed by atoms with Crippen molar-refractivity contribution in [2.45, 2.75) is 43.9 Å². The Bertz CT molecular complexity index is 847. The Morgan fingerprint density at radius 1 is 1.35 bits per heavy atom. The smallest absolute Gasteiger partial charge is 0.311 e. The van der Waals surface area contributed by atoms with Crippen LogP contribution in [0.15, 0.2) is 23.1 Å². The third-order valence-corrected chi connectivity index (χ3v) is 6.37. The molecule has 8 heteroatoms. The fourth-order valence-electron chi connectivity index (χ4n) is 3.79. The second kappa shape index (κ2) is 6.66. The summed E-state index contributed by atoms with van der Waals surface area (Å²) in [7, 11) is -3.92. The number of carboxylic acids is 1. The fraction of sp³-hybridized carbons (Fsp3) is 0.556. The molecule has 1 aromatic rings. The van der Waals surface area contributed by atoms with Crippen molar-refractivity contribution in [1.82, 2.24) is 4.90 Å². The quantitative estimate of drug-likeness (QED) is 0.807. The van der Waals surface area contributed by atoms with Gasteiger partial charge in [-0.25, -0.2) is 13.6 Å². The highest BCUT2D eigenvalue weighted by atomic mass is 32.2. The van der Waals surface area contributed by atoms with E-state index in [9.17, 15) is 23.1 Å². The number of carboxylic acid groups (broad SMARTS) is 1. The van der Waals surface area contributed by atoms with E-state index in [-0.39, 0.29) is 22.9 Å². The summed E-state index contributed by atoms with van der Waals surface area (Å²) < 4.78 is 23.2. The number of carbonyl (C=O) groups excluding carboxylic acids is 1. The normalized spacial score (nSPS) is 23.7. The van der Waals surface area contributed by atoms with E-state index in [0.29, 0.717) is 37.3 Å². The molecule has 1 aliphatic carbocycles. The number of amides is 1. The highest BCUT2D eigenvalue weighted by Gasteiger charge is 2.47. The molecule has 142 valence electrons. The topological polar surface area (TPSA) is 118 Å². The standard InChI is InChI=1S/C18H24N2O5S/c1-12-3-6-14(26(19,24)25)9-15(12)16(21)20-8-2-7-18(11-20,17(22)23)10-13-4-5-13/h3,6,9,13H,2,4-5,7-8,10-11H2,1H3,(H,22,23)(H2,19,24,25)/t18-/m1/s1. The summed E-state index contributed by atoms with van der Waals surface area (Å²) in [4.78, 5) is 26.4. The lowest BCUT2D eigenvalue weighted by Crippen LogP contribution is -2.50. The predicted molar refractivity (Wildman–Crippen MR) is 95.1 cm³/mol. The summed E-state index contributed by atoms with van der Waals surface area (Å²) in [5, 5.41) is 15.0. The Morgan fingerprint density at radius 2 is 2.04 bits per heavy atom. The number of aliphatic carboxylic acids is 1. The van der Waals surface area contributed by atoms with E-state index in [2.05, 4.69) is 0 Å². The van der Waals surface area contributed by atoms with Gasteiger partial charge in [0.2, 0.25) is 10.0 Å². The van der Waals surface area contributed by atoms with Crippen molar-refractivity contribution < 1.29 is 23.1 Å². The average molecular weight is 380 g/mol. The number of aryl methyl sites for hydroxylation is 1. The molecule has 26 heavy (non-hydrogen) atoms. The van der Waals surface area contributed by atoms with E-state index >= 15 is 0 Å². The fourth-order valence-corrected chi connectivity index (χ4v) is 4.33. The van der Waals surface area contributed by atoms with Gasteiger partial charge in [0.1, 0.15) is 0 Å². The van der Waals surface area contributed by atoms with Crippen LogP contribution in [0.1, 0.15) is 48.0 Å². The van der Waals surface area contributed by atoms with Crippen LogP contribution in [0.2, 0.25) is 0 Å². The maximum atomic E-state index is 13.0. The number of nitrogens with two attached hydrogens (primary N) is 1. The number of likely N-dealkylation sites (tertiary alicyclic amines) is 1. The van der Waals surface area contributed by atoms with Crippen LogP contribution in [-0.4, -0.2) is 43.4 Å². The van der Waals surface area contributed by atoms with E-state index < -0.39 is 21.4 Å². The molecular formula is C18H24N2O5S. The lowest BCUT2D eigenvalue weighted by molar-refractivity contribution is -0.152. The Morgan fingerprint density at radius 3 is 2.62 bits per heavy atom. The summed E-state index contributed by atoms with van der Waals surface area (Å²) in [6.45, 7) is 2.35. The van der Waals surface area contributed by atoms with Crippen LogP contribution >= 0.6 is 0 Å². The van der Waals surface area contributed by atoms with Crippen LogP contribution in [0.5, 0.6) is 0 Å². The SMILES string of the molecule is Cc1ccc(S(N)(=O)=O)cc1C(=O)N1CCC[C@](CC2CC2)(C(=O)O)C1. The molecule has 0 aromatic heterocycles. The zero-order valence-corrected chi connectivity index (χ0v) is 15.6. The van der Waals surface area contributed by atoms with Crippen LogP contribution in [0.25, 0.3) is 0 Å². The number of piperidine rings is 1. The highest BCUT2D eigenvalue weighted by Crippen LogP contribution is 2.45. The van der Waals surface area contributed by atoms with Crippen molar-refractivity contribution in [3.63, 3.8) is 0 Å². The molecule has 3 N–H and O–H groups in total. The van der Waals surface area contributed by atoms with Crippen molar-refractivity contribution in [2.75, 3.05) is 13.1 Å². The number of rotatable bonds is 5. The maximum absolute atomic E-state index is 13.0. The number of sulfonamides is 1. The van der Waals surface area contributed by atoms with Crippen molar-refractivity contribution >= 4 is 21.9 Å². The first kappa shape index (κ1) is 18.8. The predicted octanol–water partition coefficient (Wildman–Crippen LogP) is 1.75. The minimum atomic E-state index is -3.92. The first-order valence-corrected chi connectivity index (χ1v) is 10.3. The summed E-state index contributed by atoms with van der Waals surface area (Å²) in [5.74, 6) is -0.750. The monoisotopic (exact) mass is 380 g/mol. The number of hydrogen-bond donors (Lipinski definition) is 2. The Labute approximate surface area is 153 Å². The lowest BCUT2D eigenvalue weighted by Gasteiger charge is -2.40. The van der Waals surface area contributed by atoms with Gasteiger partial charge >= 0.3 is 5.97 Å². The van der Waals surface area contributed by atoms with E-state index in [4.69, 9.17) is 5.14 Å². The second-order valence-corrected chi connectivity index (χ2v) is 9.15. The molecule has 1 heterocycles.